The SMILES string of the molecule is O=C(O)c1cccc(NS(=O)(=O)Cc2ccccc2)c1O. The summed E-state index contributed by atoms with van der Waals surface area (Å²) in [7, 11) is -3.76. The molecule has 3 N–H and O–H groups in total. The van der Waals surface area contributed by atoms with Gasteiger partial charge in [-0.2, -0.15) is 0 Å². The fraction of sp³-hybridized carbons (Fsp3) is 0.0714. The van der Waals surface area contributed by atoms with Crippen LogP contribution in [0.25, 0.3) is 0 Å². The molecule has 0 aliphatic rings. The highest BCUT2D eigenvalue weighted by Gasteiger charge is 2.18. The number of hydrogen-bond acceptors (Lipinski definition) is 4. The average Bonchev–Trinajstić information content (AvgIpc) is 2.41. The first-order valence-electron chi connectivity index (χ1n) is 5.99. The van der Waals surface area contributed by atoms with E-state index >= 15 is 0 Å². The molecule has 0 aliphatic carbocycles. The van der Waals surface area contributed by atoms with E-state index in [0.717, 1.165) is 0 Å². The summed E-state index contributed by atoms with van der Waals surface area (Å²) in [6, 6.07) is 12.4. The lowest BCUT2D eigenvalue weighted by Gasteiger charge is -2.11. The molecule has 0 saturated carbocycles. The number of carbonyl (C=O) groups is 1. The summed E-state index contributed by atoms with van der Waals surface area (Å²) in [6.45, 7) is 0. The number of hydrogen-bond donors (Lipinski definition) is 3. The van der Waals surface area contributed by atoms with Crippen molar-refractivity contribution in [2.24, 2.45) is 0 Å². The van der Waals surface area contributed by atoms with Crippen LogP contribution >= 0.6 is 0 Å². The Labute approximate surface area is 121 Å². The van der Waals surface area contributed by atoms with Crippen molar-refractivity contribution in [2.45, 2.75) is 5.75 Å². The van der Waals surface area contributed by atoms with E-state index < -0.39 is 21.7 Å². The zero-order chi connectivity index (χ0) is 15.5. The van der Waals surface area contributed by atoms with Crippen molar-refractivity contribution in [1.82, 2.24) is 0 Å². The zero-order valence-corrected chi connectivity index (χ0v) is 11.7. The van der Waals surface area contributed by atoms with E-state index in [1.54, 1.807) is 30.3 Å². The number of para-hydroxylation sites is 1. The number of aromatic carboxylic acids is 1. The standard InChI is InChI=1S/C14H13NO5S/c16-13-11(14(17)18)7-4-8-12(13)15-21(19,20)9-10-5-2-1-3-6-10/h1-8,15-16H,9H2,(H,17,18). The molecule has 0 bridgehead atoms. The fourth-order valence-corrected chi connectivity index (χ4v) is 3.00. The first-order chi connectivity index (χ1) is 9.89. The molecule has 0 heterocycles. The number of sulfonamides is 1. The van der Waals surface area contributed by atoms with Gasteiger partial charge in [-0.25, -0.2) is 13.2 Å². The molecule has 110 valence electrons. The van der Waals surface area contributed by atoms with E-state index in [0.29, 0.717) is 5.56 Å². The van der Waals surface area contributed by atoms with Crippen LogP contribution in [0.4, 0.5) is 5.69 Å². The Bertz CT molecular complexity index is 756. The summed E-state index contributed by atoms with van der Waals surface area (Å²) in [5.74, 6) is -2.22. The topological polar surface area (TPSA) is 104 Å². The van der Waals surface area contributed by atoms with Gasteiger partial charge in [-0.15, -0.1) is 0 Å². The van der Waals surface area contributed by atoms with Crippen LogP contribution in [0.2, 0.25) is 0 Å². The number of benzene rings is 2. The third-order valence-corrected chi connectivity index (χ3v) is 3.98. The predicted molar refractivity (Wildman–Crippen MR) is 77.8 cm³/mol. The van der Waals surface area contributed by atoms with Crippen molar-refractivity contribution in [3.8, 4) is 5.75 Å². The smallest absolute Gasteiger partial charge is 0.339 e. The van der Waals surface area contributed by atoms with E-state index in [9.17, 15) is 18.3 Å². The largest absolute Gasteiger partial charge is 0.505 e. The van der Waals surface area contributed by atoms with Gasteiger partial charge in [0.1, 0.15) is 5.56 Å². The fourth-order valence-electron chi connectivity index (χ4n) is 1.80. The van der Waals surface area contributed by atoms with Crippen molar-refractivity contribution in [3.05, 3.63) is 59.7 Å². The van der Waals surface area contributed by atoms with Crippen LogP contribution in [0.5, 0.6) is 5.75 Å². The number of aromatic hydroxyl groups is 1. The highest BCUT2D eigenvalue weighted by molar-refractivity contribution is 7.91. The number of rotatable bonds is 5. The van der Waals surface area contributed by atoms with Gasteiger partial charge in [-0.1, -0.05) is 36.4 Å². The van der Waals surface area contributed by atoms with E-state index in [4.69, 9.17) is 5.11 Å². The summed E-state index contributed by atoms with van der Waals surface area (Å²) in [5, 5.41) is 18.7. The quantitative estimate of drug-likeness (QED) is 0.733. The van der Waals surface area contributed by atoms with Gasteiger partial charge in [0.2, 0.25) is 10.0 Å². The molecule has 0 spiro atoms. The molecule has 0 aromatic heterocycles. The van der Waals surface area contributed by atoms with Crippen LogP contribution in [-0.2, 0) is 15.8 Å². The van der Waals surface area contributed by atoms with E-state index in [1.165, 1.54) is 18.2 Å². The Morgan fingerprint density at radius 1 is 1.05 bits per heavy atom. The second-order valence-electron chi connectivity index (χ2n) is 4.35. The number of phenols is 1. The van der Waals surface area contributed by atoms with Gasteiger partial charge in [0.25, 0.3) is 0 Å². The van der Waals surface area contributed by atoms with Crippen LogP contribution < -0.4 is 4.72 Å². The van der Waals surface area contributed by atoms with Crippen LogP contribution in [0.3, 0.4) is 0 Å². The maximum Gasteiger partial charge on any atom is 0.339 e. The van der Waals surface area contributed by atoms with E-state index in [-0.39, 0.29) is 17.0 Å². The average molecular weight is 307 g/mol. The first kappa shape index (κ1) is 14.9. The van der Waals surface area contributed by atoms with Crippen LogP contribution in [-0.4, -0.2) is 24.6 Å². The summed E-state index contributed by atoms with van der Waals surface area (Å²) < 4.78 is 26.3. The molecular formula is C14H13NO5S. The van der Waals surface area contributed by atoms with E-state index in [2.05, 4.69) is 4.72 Å². The second kappa shape index (κ2) is 5.84. The van der Waals surface area contributed by atoms with Crippen molar-refractivity contribution in [2.75, 3.05) is 4.72 Å². The van der Waals surface area contributed by atoms with Crippen LogP contribution in [0, 0.1) is 0 Å². The van der Waals surface area contributed by atoms with Gasteiger partial charge >= 0.3 is 5.97 Å². The molecule has 21 heavy (non-hydrogen) atoms. The van der Waals surface area contributed by atoms with Gasteiger partial charge in [-0.05, 0) is 17.7 Å². The Kier molecular flexibility index (Phi) is 4.13. The highest BCUT2D eigenvalue weighted by atomic mass is 32.2. The monoisotopic (exact) mass is 307 g/mol. The third-order valence-electron chi connectivity index (χ3n) is 2.73. The lowest BCUT2D eigenvalue weighted by Crippen LogP contribution is -2.15. The molecule has 2 rings (SSSR count). The summed E-state index contributed by atoms with van der Waals surface area (Å²) in [5.41, 5.74) is 0.0552. The first-order valence-corrected chi connectivity index (χ1v) is 7.64. The number of carboxylic acids is 1. The van der Waals surface area contributed by atoms with Crippen molar-refractivity contribution in [3.63, 3.8) is 0 Å². The minimum Gasteiger partial charge on any atom is -0.505 e. The Morgan fingerprint density at radius 2 is 1.71 bits per heavy atom. The Hall–Kier alpha value is -2.54. The molecule has 0 saturated heterocycles. The molecule has 0 fully saturated rings. The van der Waals surface area contributed by atoms with Crippen LogP contribution in [0.15, 0.2) is 48.5 Å². The normalized spacial score (nSPS) is 11.0. The molecule has 0 amide bonds. The van der Waals surface area contributed by atoms with Crippen LogP contribution in [0.1, 0.15) is 15.9 Å². The number of carboxylic acid groups (broad SMARTS) is 1. The Balaban J connectivity index is 2.25. The van der Waals surface area contributed by atoms with Crippen molar-refractivity contribution < 1.29 is 23.4 Å². The molecule has 0 radical (unpaired) electrons. The zero-order valence-electron chi connectivity index (χ0n) is 10.9. The van der Waals surface area contributed by atoms with E-state index in [1.807, 2.05) is 0 Å². The lowest BCUT2D eigenvalue weighted by molar-refractivity contribution is 0.0694. The maximum atomic E-state index is 12.0. The molecule has 0 aliphatic heterocycles. The highest BCUT2D eigenvalue weighted by Crippen LogP contribution is 2.28. The van der Waals surface area contributed by atoms with Gasteiger partial charge in [0.05, 0.1) is 11.4 Å². The molecule has 0 atom stereocenters. The maximum absolute atomic E-state index is 12.0. The van der Waals surface area contributed by atoms with Gasteiger partial charge < -0.3 is 10.2 Å². The molecule has 2 aromatic rings. The van der Waals surface area contributed by atoms with Gasteiger partial charge in [-0.3, -0.25) is 4.72 Å². The summed E-state index contributed by atoms with van der Waals surface area (Å²) in [6.07, 6.45) is 0. The molecule has 0 unspecified atom stereocenters. The Morgan fingerprint density at radius 3 is 2.33 bits per heavy atom. The minimum absolute atomic E-state index is 0.161. The predicted octanol–water partition coefficient (Wildman–Crippen LogP) is 2.03. The van der Waals surface area contributed by atoms with Gasteiger partial charge in [0.15, 0.2) is 5.75 Å². The number of nitrogens with one attached hydrogen (secondary N) is 1. The summed E-state index contributed by atoms with van der Waals surface area (Å²) >= 11 is 0. The minimum atomic E-state index is -3.76. The summed E-state index contributed by atoms with van der Waals surface area (Å²) in [4.78, 5) is 10.9. The second-order valence-corrected chi connectivity index (χ2v) is 6.08. The number of anilines is 1. The molecule has 7 heteroatoms. The third kappa shape index (κ3) is 3.73. The molecule has 2 aromatic carbocycles. The molecule has 6 nitrogen and oxygen atoms in total. The molecular weight excluding hydrogens is 294 g/mol. The van der Waals surface area contributed by atoms with Crippen molar-refractivity contribution in [1.29, 1.82) is 0 Å². The van der Waals surface area contributed by atoms with Gasteiger partial charge in [0, 0.05) is 0 Å². The van der Waals surface area contributed by atoms with Crippen molar-refractivity contribution >= 4 is 21.7 Å². The lowest BCUT2D eigenvalue weighted by atomic mass is 10.2.